The van der Waals surface area contributed by atoms with Crippen molar-refractivity contribution >= 4 is 19.7 Å². The van der Waals surface area contributed by atoms with Crippen molar-refractivity contribution in [3.63, 3.8) is 0 Å². The van der Waals surface area contributed by atoms with E-state index in [1.807, 2.05) is 27.2 Å². The van der Waals surface area contributed by atoms with E-state index in [1.54, 1.807) is 0 Å². The van der Waals surface area contributed by atoms with E-state index in [1.165, 1.54) is 289 Å². The van der Waals surface area contributed by atoms with Crippen LogP contribution in [0.15, 0.2) is 60.8 Å². The number of esters is 1. The molecule has 2 N–H and O–H groups in total. The number of phosphoric ester groups is 1. The highest BCUT2D eigenvalue weighted by Gasteiger charge is 2.30. The second kappa shape index (κ2) is 70.5. The lowest BCUT2D eigenvalue weighted by Gasteiger charge is -2.27. The van der Waals surface area contributed by atoms with E-state index in [-0.39, 0.29) is 25.1 Å². The van der Waals surface area contributed by atoms with Crippen molar-refractivity contribution in [1.29, 1.82) is 0 Å². The number of carbonyl (C=O) groups excluding carboxylic acids is 2. The summed E-state index contributed by atoms with van der Waals surface area (Å²) in [5, 5.41) is 3.09. The van der Waals surface area contributed by atoms with Gasteiger partial charge in [-0.05, 0) is 96.0 Å². The molecule has 3 unspecified atom stereocenters. The van der Waals surface area contributed by atoms with E-state index in [9.17, 15) is 19.0 Å². The molecule has 0 aliphatic rings. The standard InChI is InChI=1S/C81H153N2O7P/c1-7-10-13-16-19-22-25-28-30-32-34-36-38-40-41-43-44-46-48-50-52-55-58-61-64-67-70-73-80(84)82-78(77-89-91(86,87)88-76-75-83(4,5)6)79(72-69-66-63-60-57-54-27-24-21-18-15-12-9-3)90-81(85)74-71-68-65-62-59-56-53-51-49-47-45-42-39-37-35-33-31-29-26-23-20-17-14-11-8-2/h19,22,28-31,34,36,69,72,78-79H,7-18,20-21,23-27,32-33,35,37-68,70-71,73-77H2,1-6H3,(H-,82,84,86,87)/p+1/b22-19-,30-28-,31-29+,36-34-,72-69+. The number of allylic oxidation sites excluding steroid dienone is 9. The minimum Gasteiger partial charge on any atom is -0.456 e. The summed E-state index contributed by atoms with van der Waals surface area (Å²) in [5.41, 5.74) is 0. The first-order chi connectivity index (χ1) is 44.4. The topological polar surface area (TPSA) is 111 Å². The van der Waals surface area contributed by atoms with Gasteiger partial charge in [0, 0.05) is 12.8 Å². The van der Waals surface area contributed by atoms with Crippen LogP contribution in [0.4, 0.5) is 0 Å². The van der Waals surface area contributed by atoms with Gasteiger partial charge in [0.25, 0.3) is 0 Å². The molecule has 0 saturated carbocycles. The Morgan fingerprint density at radius 2 is 0.670 bits per heavy atom. The van der Waals surface area contributed by atoms with Crippen LogP contribution in [0.5, 0.6) is 0 Å². The summed E-state index contributed by atoms with van der Waals surface area (Å²) in [7, 11) is 1.51. The van der Waals surface area contributed by atoms with Crippen LogP contribution in [0, 0.1) is 0 Å². The summed E-state index contributed by atoms with van der Waals surface area (Å²) in [4.78, 5) is 38.1. The molecule has 0 aliphatic heterocycles. The molecule has 534 valence electrons. The van der Waals surface area contributed by atoms with E-state index in [0.717, 1.165) is 70.6 Å². The molecule has 3 atom stereocenters. The van der Waals surface area contributed by atoms with Gasteiger partial charge in [-0.1, -0.05) is 345 Å². The number of ether oxygens (including phenoxy) is 1. The van der Waals surface area contributed by atoms with Crippen LogP contribution in [0.3, 0.4) is 0 Å². The molecule has 0 aromatic rings. The fourth-order valence-corrected chi connectivity index (χ4v) is 12.6. The Balaban J connectivity index is 4.95. The number of phosphoric acid groups is 1. The normalized spacial score (nSPS) is 13.7. The minimum atomic E-state index is -4.46. The molecule has 0 bridgehead atoms. The maximum absolute atomic E-state index is 13.7. The van der Waals surface area contributed by atoms with Gasteiger partial charge < -0.3 is 19.4 Å². The van der Waals surface area contributed by atoms with Crippen LogP contribution in [0.25, 0.3) is 0 Å². The SMILES string of the molecule is CCCCC/C=C\C/C=C\C/C=C\CCCCCCCCCCCCCCCCC(=O)NC(COP(=O)(O)OCC[N+](C)(C)C)C(/C=C/CCCCCCCCCCCCC)OC(=O)CCCCCCCCCCCCCCCCC/C=C/CCCCCCCC. The Bertz CT molecular complexity index is 1740. The highest BCUT2D eigenvalue weighted by Crippen LogP contribution is 2.43. The molecule has 0 rings (SSSR count). The van der Waals surface area contributed by atoms with Crippen molar-refractivity contribution in [3.8, 4) is 0 Å². The van der Waals surface area contributed by atoms with Gasteiger partial charge in [0.2, 0.25) is 5.91 Å². The lowest BCUT2D eigenvalue weighted by molar-refractivity contribution is -0.870. The van der Waals surface area contributed by atoms with Crippen LogP contribution in [-0.2, 0) is 27.9 Å². The van der Waals surface area contributed by atoms with Crippen molar-refractivity contribution in [3.05, 3.63) is 60.8 Å². The minimum absolute atomic E-state index is 0.0413. The van der Waals surface area contributed by atoms with Crippen LogP contribution < -0.4 is 5.32 Å². The molecule has 0 aliphatic carbocycles. The van der Waals surface area contributed by atoms with Gasteiger partial charge >= 0.3 is 13.8 Å². The molecular weight excluding hydrogens is 1140 g/mol. The lowest BCUT2D eigenvalue weighted by Crippen LogP contribution is -2.47. The zero-order valence-electron chi connectivity index (χ0n) is 61.4. The Kier molecular flexibility index (Phi) is 68.7. The average Bonchev–Trinajstić information content (AvgIpc) is 3.45. The maximum Gasteiger partial charge on any atom is 0.472 e. The summed E-state index contributed by atoms with van der Waals surface area (Å²) < 4.78 is 30.9. The number of rotatable bonds is 73. The third-order valence-electron chi connectivity index (χ3n) is 17.9. The number of hydrogen-bond acceptors (Lipinski definition) is 6. The summed E-state index contributed by atoms with van der Waals surface area (Å²) in [6, 6.07) is -0.850. The molecule has 0 radical (unpaired) electrons. The highest BCUT2D eigenvalue weighted by molar-refractivity contribution is 7.47. The number of quaternary nitrogens is 1. The van der Waals surface area contributed by atoms with Crippen LogP contribution in [0.2, 0.25) is 0 Å². The predicted octanol–water partition coefficient (Wildman–Crippen LogP) is 25.7. The van der Waals surface area contributed by atoms with Crippen molar-refractivity contribution < 1.29 is 37.3 Å². The molecule has 0 aromatic carbocycles. The van der Waals surface area contributed by atoms with Crippen molar-refractivity contribution in [2.75, 3.05) is 40.9 Å². The Morgan fingerprint density at radius 3 is 1.03 bits per heavy atom. The molecule has 0 fully saturated rings. The van der Waals surface area contributed by atoms with E-state index in [4.69, 9.17) is 13.8 Å². The van der Waals surface area contributed by atoms with Crippen LogP contribution in [0.1, 0.15) is 393 Å². The fraction of sp³-hybridized carbons (Fsp3) is 0.852. The largest absolute Gasteiger partial charge is 0.472 e. The van der Waals surface area contributed by atoms with Gasteiger partial charge in [-0.15, -0.1) is 0 Å². The molecule has 0 saturated heterocycles. The molecule has 0 heterocycles. The van der Waals surface area contributed by atoms with Gasteiger partial charge in [-0.2, -0.15) is 0 Å². The molecule has 0 spiro atoms. The van der Waals surface area contributed by atoms with E-state index in [0.29, 0.717) is 23.9 Å². The van der Waals surface area contributed by atoms with E-state index < -0.39 is 20.0 Å². The second-order valence-corrected chi connectivity index (χ2v) is 29.7. The van der Waals surface area contributed by atoms with Gasteiger partial charge in [0.15, 0.2) is 0 Å². The predicted molar refractivity (Wildman–Crippen MR) is 397 cm³/mol. The van der Waals surface area contributed by atoms with Crippen LogP contribution >= 0.6 is 7.82 Å². The smallest absolute Gasteiger partial charge is 0.456 e. The third-order valence-corrected chi connectivity index (χ3v) is 18.9. The number of likely N-dealkylation sites (N-methyl/N-ethyl adjacent to an activating group) is 1. The quantitative estimate of drug-likeness (QED) is 0.0205. The number of nitrogens with one attached hydrogen (secondary N) is 1. The summed E-state index contributed by atoms with van der Waals surface area (Å²) in [5.74, 6) is -0.486. The third kappa shape index (κ3) is 71.8. The number of hydrogen-bond donors (Lipinski definition) is 2. The summed E-state index contributed by atoms with van der Waals surface area (Å²) in [6.45, 7) is 7.05. The average molecular weight is 1300 g/mol. The molecule has 10 heteroatoms. The van der Waals surface area contributed by atoms with Gasteiger partial charge in [0.1, 0.15) is 19.3 Å². The molecule has 1 amide bonds. The monoisotopic (exact) mass is 1300 g/mol. The number of amides is 1. The van der Waals surface area contributed by atoms with Crippen molar-refractivity contribution in [2.24, 2.45) is 0 Å². The first-order valence-electron chi connectivity index (χ1n) is 39.6. The Morgan fingerprint density at radius 1 is 0.385 bits per heavy atom. The lowest BCUT2D eigenvalue weighted by atomic mass is 10.0. The fourth-order valence-electron chi connectivity index (χ4n) is 11.8. The van der Waals surface area contributed by atoms with Crippen molar-refractivity contribution in [1.82, 2.24) is 5.32 Å². The van der Waals surface area contributed by atoms with Gasteiger partial charge in [-0.25, -0.2) is 4.57 Å². The number of carbonyl (C=O) groups is 2. The molecule has 0 aromatic heterocycles. The summed E-state index contributed by atoms with van der Waals surface area (Å²) >= 11 is 0. The molecule has 9 nitrogen and oxygen atoms in total. The molecule has 91 heavy (non-hydrogen) atoms. The van der Waals surface area contributed by atoms with Crippen LogP contribution in [-0.4, -0.2) is 74.3 Å². The first-order valence-corrected chi connectivity index (χ1v) is 41.1. The Hall–Kier alpha value is -2.29. The van der Waals surface area contributed by atoms with Crippen molar-refractivity contribution in [2.45, 2.75) is 405 Å². The summed E-state index contributed by atoms with van der Waals surface area (Å²) in [6.07, 6.45) is 92.5. The maximum atomic E-state index is 13.7. The Labute approximate surface area is 566 Å². The first kappa shape index (κ1) is 88.7. The zero-order valence-corrected chi connectivity index (χ0v) is 62.2. The second-order valence-electron chi connectivity index (χ2n) is 28.2. The van der Waals surface area contributed by atoms with Gasteiger partial charge in [-0.3, -0.25) is 18.6 Å². The van der Waals surface area contributed by atoms with Gasteiger partial charge in [0.05, 0.1) is 33.8 Å². The zero-order chi connectivity index (χ0) is 66.3. The highest BCUT2D eigenvalue weighted by atomic mass is 31.2. The van der Waals surface area contributed by atoms with E-state index in [2.05, 4.69) is 80.8 Å². The van der Waals surface area contributed by atoms with E-state index >= 15 is 0 Å². The number of nitrogens with zero attached hydrogens (tertiary/aromatic N) is 1. The number of unbranched alkanes of at least 4 members (excludes halogenated alkanes) is 49. The molecular formula is C81H154N2O7P+.